The summed E-state index contributed by atoms with van der Waals surface area (Å²) < 4.78 is 30.6. The van der Waals surface area contributed by atoms with Gasteiger partial charge in [-0.05, 0) is 19.3 Å². The second-order valence-electron chi connectivity index (χ2n) is 5.98. The molecule has 0 spiro atoms. The maximum atomic E-state index is 11.6. The maximum Gasteiger partial charge on any atom is 0.264 e. The van der Waals surface area contributed by atoms with Crippen LogP contribution < -0.4 is 5.32 Å². The monoisotopic (exact) mass is 309 g/mol. The van der Waals surface area contributed by atoms with Gasteiger partial charge in [0.15, 0.2) is 0 Å². The number of nitrogens with zero attached hydrogens (tertiary/aromatic N) is 1. The summed E-state index contributed by atoms with van der Waals surface area (Å²) in [5.41, 5.74) is 0. The highest BCUT2D eigenvalue weighted by molar-refractivity contribution is 7.85. The molecule has 1 amide bonds. The highest BCUT2D eigenvalue weighted by Gasteiger charge is 2.16. The number of rotatable bonds is 10. The molecule has 20 heavy (non-hydrogen) atoms. The fraction of sp³-hybridized carbons (Fsp3) is 0.923. The van der Waals surface area contributed by atoms with Crippen LogP contribution in [-0.4, -0.2) is 62.8 Å². The molecule has 0 aromatic heterocycles. The molecular formula is C13H29N2O4S+. The first-order chi connectivity index (χ1) is 9.07. The molecule has 1 unspecified atom stereocenters. The minimum atomic E-state index is -3.85. The van der Waals surface area contributed by atoms with Crippen molar-refractivity contribution in [3.8, 4) is 0 Å². The minimum absolute atomic E-state index is 0.0420. The Kier molecular flexibility index (Phi) is 8.30. The zero-order valence-electron chi connectivity index (χ0n) is 13.1. The molecule has 1 atom stereocenters. The van der Waals surface area contributed by atoms with E-state index in [0.717, 1.165) is 25.9 Å². The van der Waals surface area contributed by atoms with E-state index >= 15 is 0 Å². The van der Waals surface area contributed by atoms with Gasteiger partial charge in [-0.15, -0.1) is 0 Å². The lowest BCUT2D eigenvalue weighted by Crippen LogP contribution is -2.46. The molecule has 0 aromatic rings. The van der Waals surface area contributed by atoms with Crippen molar-refractivity contribution >= 4 is 16.0 Å². The molecule has 0 bridgehead atoms. The lowest BCUT2D eigenvalue weighted by Gasteiger charge is -2.30. The molecule has 0 heterocycles. The van der Waals surface area contributed by atoms with Crippen LogP contribution in [0.1, 0.15) is 33.1 Å². The van der Waals surface area contributed by atoms with Crippen LogP contribution in [0.5, 0.6) is 0 Å². The van der Waals surface area contributed by atoms with Gasteiger partial charge in [0.25, 0.3) is 10.1 Å². The fourth-order valence-electron chi connectivity index (χ4n) is 1.78. The fourth-order valence-corrected chi connectivity index (χ4v) is 2.35. The molecule has 0 saturated heterocycles. The van der Waals surface area contributed by atoms with Crippen molar-refractivity contribution in [1.29, 1.82) is 0 Å². The third-order valence-corrected chi connectivity index (χ3v) is 4.30. The Hall–Kier alpha value is -0.660. The van der Waals surface area contributed by atoms with Crippen LogP contribution in [0.3, 0.4) is 0 Å². The van der Waals surface area contributed by atoms with Gasteiger partial charge in [0.05, 0.1) is 39.5 Å². The molecule has 0 rings (SSSR count). The van der Waals surface area contributed by atoms with Gasteiger partial charge in [0, 0.05) is 5.92 Å². The van der Waals surface area contributed by atoms with E-state index in [0.29, 0.717) is 17.4 Å². The van der Waals surface area contributed by atoms with Crippen LogP contribution in [0.15, 0.2) is 0 Å². The van der Waals surface area contributed by atoms with E-state index in [2.05, 4.69) is 5.32 Å². The summed E-state index contributed by atoms with van der Waals surface area (Å²) in [7, 11) is 0.243. The van der Waals surface area contributed by atoms with Crippen molar-refractivity contribution in [2.45, 2.75) is 33.1 Å². The SMILES string of the molecule is CCC(C)C(=O)NCC[N+](C)(C)CCCCS(=O)(=O)O. The highest BCUT2D eigenvalue weighted by atomic mass is 32.2. The van der Waals surface area contributed by atoms with E-state index in [1.54, 1.807) is 0 Å². The number of hydrogen-bond acceptors (Lipinski definition) is 3. The molecule has 0 fully saturated rings. The van der Waals surface area contributed by atoms with Crippen LogP contribution in [0, 0.1) is 5.92 Å². The predicted octanol–water partition coefficient (Wildman–Crippen LogP) is 0.893. The Morgan fingerprint density at radius 2 is 1.85 bits per heavy atom. The molecule has 7 heteroatoms. The Balaban J connectivity index is 3.87. The number of carbonyl (C=O) groups is 1. The summed E-state index contributed by atoms with van der Waals surface area (Å²) in [5, 5.41) is 2.91. The van der Waals surface area contributed by atoms with Gasteiger partial charge in [0.2, 0.25) is 5.91 Å². The first-order valence-corrected chi connectivity index (χ1v) is 8.73. The average molecular weight is 309 g/mol. The lowest BCUT2D eigenvalue weighted by atomic mass is 10.1. The number of unbranched alkanes of at least 4 members (excludes halogenated alkanes) is 1. The predicted molar refractivity (Wildman–Crippen MR) is 80.0 cm³/mol. The largest absolute Gasteiger partial charge is 0.350 e. The first-order valence-electron chi connectivity index (χ1n) is 7.12. The number of amides is 1. The summed E-state index contributed by atoms with van der Waals surface area (Å²) >= 11 is 0. The van der Waals surface area contributed by atoms with Crippen LogP contribution in [0.4, 0.5) is 0 Å². The molecule has 2 N–H and O–H groups in total. The third-order valence-electron chi connectivity index (χ3n) is 3.49. The van der Waals surface area contributed by atoms with Gasteiger partial charge in [0.1, 0.15) is 0 Å². The summed E-state index contributed by atoms with van der Waals surface area (Å²) in [6, 6.07) is 0. The van der Waals surface area contributed by atoms with Crippen molar-refractivity contribution in [3.63, 3.8) is 0 Å². The van der Waals surface area contributed by atoms with Crippen molar-refractivity contribution in [1.82, 2.24) is 5.32 Å². The van der Waals surface area contributed by atoms with E-state index in [-0.39, 0.29) is 17.6 Å². The van der Waals surface area contributed by atoms with Crippen molar-refractivity contribution in [3.05, 3.63) is 0 Å². The molecule has 0 aromatic carbocycles. The van der Waals surface area contributed by atoms with Gasteiger partial charge < -0.3 is 9.80 Å². The quantitative estimate of drug-likeness (QED) is 0.357. The first kappa shape index (κ1) is 19.3. The standard InChI is InChI=1S/C13H28N2O4S/c1-5-12(2)13(16)14-8-10-15(3,4)9-6-7-11-20(17,18)19/h12H,5-11H2,1-4H3,(H-,14,16,17,18,19)/p+1. The highest BCUT2D eigenvalue weighted by Crippen LogP contribution is 2.03. The summed E-state index contributed by atoms with van der Waals surface area (Å²) in [5.74, 6) is -0.0585. The second-order valence-corrected chi connectivity index (χ2v) is 7.55. The van der Waals surface area contributed by atoms with Crippen molar-refractivity contribution in [2.24, 2.45) is 5.92 Å². The number of nitrogens with one attached hydrogen (secondary N) is 1. The van der Waals surface area contributed by atoms with Gasteiger partial charge in [-0.1, -0.05) is 13.8 Å². The summed E-state index contributed by atoms with van der Waals surface area (Å²) in [4.78, 5) is 11.6. The Morgan fingerprint density at radius 3 is 2.35 bits per heavy atom. The van der Waals surface area contributed by atoms with E-state index < -0.39 is 10.1 Å². The van der Waals surface area contributed by atoms with Crippen LogP contribution in [-0.2, 0) is 14.9 Å². The lowest BCUT2D eigenvalue weighted by molar-refractivity contribution is -0.889. The second kappa shape index (κ2) is 8.59. The molecule has 0 aliphatic heterocycles. The van der Waals surface area contributed by atoms with Crippen molar-refractivity contribution < 1.29 is 22.2 Å². The Labute approximate surface area is 122 Å². The molecule has 0 radical (unpaired) electrons. The van der Waals surface area contributed by atoms with Crippen molar-refractivity contribution in [2.75, 3.05) is 39.5 Å². The number of hydrogen-bond donors (Lipinski definition) is 2. The van der Waals surface area contributed by atoms with Gasteiger partial charge >= 0.3 is 0 Å². The van der Waals surface area contributed by atoms with Crippen LogP contribution >= 0.6 is 0 Å². The number of likely N-dealkylation sites (N-methyl/N-ethyl adjacent to an activating group) is 1. The molecule has 6 nitrogen and oxygen atoms in total. The van der Waals surface area contributed by atoms with E-state index in [9.17, 15) is 13.2 Å². The zero-order chi connectivity index (χ0) is 15.8. The molecule has 0 aliphatic carbocycles. The van der Waals surface area contributed by atoms with E-state index in [1.807, 2.05) is 27.9 Å². The Morgan fingerprint density at radius 1 is 1.25 bits per heavy atom. The van der Waals surface area contributed by atoms with Gasteiger partial charge in [-0.2, -0.15) is 8.42 Å². The molecular weight excluding hydrogens is 280 g/mol. The van der Waals surface area contributed by atoms with Crippen LogP contribution in [0.25, 0.3) is 0 Å². The average Bonchev–Trinajstić information content (AvgIpc) is 2.32. The number of carbonyl (C=O) groups excluding carboxylic acids is 1. The summed E-state index contributed by atoms with van der Waals surface area (Å²) in [6.45, 7) is 6.13. The van der Waals surface area contributed by atoms with E-state index in [1.165, 1.54) is 0 Å². The van der Waals surface area contributed by atoms with E-state index in [4.69, 9.17) is 4.55 Å². The third kappa shape index (κ3) is 10.2. The zero-order valence-corrected chi connectivity index (χ0v) is 13.9. The topological polar surface area (TPSA) is 83.5 Å². The molecule has 0 aliphatic rings. The van der Waals surface area contributed by atoms with Gasteiger partial charge in [-0.3, -0.25) is 9.35 Å². The maximum absolute atomic E-state index is 11.6. The molecule has 0 saturated carbocycles. The molecule has 120 valence electrons. The summed E-state index contributed by atoms with van der Waals surface area (Å²) in [6.07, 6.45) is 2.02. The minimum Gasteiger partial charge on any atom is -0.350 e. The normalized spacial score (nSPS) is 14.1. The van der Waals surface area contributed by atoms with Crippen LogP contribution in [0.2, 0.25) is 0 Å². The number of quaternary nitrogens is 1. The van der Waals surface area contributed by atoms with Gasteiger partial charge in [-0.25, -0.2) is 0 Å². The smallest absolute Gasteiger partial charge is 0.264 e. The Bertz CT molecular complexity index is 393.